The Kier molecular flexibility index (Phi) is 5.72. The zero-order chi connectivity index (χ0) is 13.1. The van der Waals surface area contributed by atoms with Crippen LogP contribution in [0.1, 0.15) is 23.6 Å². The minimum absolute atomic E-state index is 0. The molecule has 0 aliphatic heterocycles. The average Bonchev–Trinajstić information content (AvgIpc) is 2.74. The molecule has 1 aromatic rings. The number of amides is 1. The molecule has 2 rings (SSSR count). The van der Waals surface area contributed by atoms with Gasteiger partial charge < -0.3 is 15.8 Å². The third-order valence-electron chi connectivity index (χ3n) is 3.21. The molecule has 0 saturated heterocycles. The first-order valence-corrected chi connectivity index (χ1v) is 5.95. The van der Waals surface area contributed by atoms with Crippen molar-refractivity contribution in [2.24, 2.45) is 5.73 Å². The number of hydrogen-bond donors (Lipinski definition) is 2. The number of nitrogens with two attached hydrogens (primary N) is 1. The number of carbonyl (C=O) groups is 1. The van der Waals surface area contributed by atoms with Gasteiger partial charge in [0.05, 0.1) is 12.6 Å². The minimum Gasteiger partial charge on any atom is -0.383 e. The summed E-state index contributed by atoms with van der Waals surface area (Å²) in [5.41, 5.74) is 7.20. The fraction of sp³-hybridized carbons (Fsp3) is 0.462. The van der Waals surface area contributed by atoms with Crippen LogP contribution < -0.4 is 11.1 Å². The van der Waals surface area contributed by atoms with Gasteiger partial charge >= 0.3 is 0 Å². The van der Waals surface area contributed by atoms with Crippen molar-refractivity contribution in [3.63, 3.8) is 0 Å². The highest BCUT2D eigenvalue weighted by molar-refractivity contribution is 5.85. The SMILES string of the molecule is COCC(N)C(=O)NC1CCc2c(F)cccc21.Cl. The van der Waals surface area contributed by atoms with Crippen LogP contribution in [0.3, 0.4) is 0 Å². The van der Waals surface area contributed by atoms with Gasteiger partial charge in [-0.1, -0.05) is 12.1 Å². The van der Waals surface area contributed by atoms with Gasteiger partial charge in [0.25, 0.3) is 0 Å². The molecule has 19 heavy (non-hydrogen) atoms. The van der Waals surface area contributed by atoms with Crippen LogP contribution in [0.5, 0.6) is 0 Å². The van der Waals surface area contributed by atoms with E-state index in [-0.39, 0.29) is 36.8 Å². The lowest BCUT2D eigenvalue weighted by Gasteiger charge is -2.17. The van der Waals surface area contributed by atoms with Crippen molar-refractivity contribution >= 4 is 18.3 Å². The van der Waals surface area contributed by atoms with Crippen molar-refractivity contribution < 1.29 is 13.9 Å². The van der Waals surface area contributed by atoms with E-state index in [0.717, 1.165) is 5.56 Å². The molecule has 0 spiro atoms. The molecule has 0 heterocycles. The number of nitrogens with one attached hydrogen (secondary N) is 1. The Labute approximate surface area is 117 Å². The summed E-state index contributed by atoms with van der Waals surface area (Å²) in [6.07, 6.45) is 1.36. The topological polar surface area (TPSA) is 64.3 Å². The maximum Gasteiger partial charge on any atom is 0.239 e. The first kappa shape index (κ1) is 15.9. The Morgan fingerprint density at radius 1 is 1.63 bits per heavy atom. The predicted molar refractivity (Wildman–Crippen MR) is 72.7 cm³/mol. The predicted octanol–water partition coefficient (Wildman–Crippen LogP) is 1.32. The summed E-state index contributed by atoms with van der Waals surface area (Å²) in [7, 11) is 1.49. The Morgan fingerprint density at radius 3 is 3.05 bits per heavy atom. The average molecular weight is 289 g/mol. The summed E-state index contributed by atoms with van der Waals surface area (Å²) in [6.45, 7) is 0.175. The summed E-state index contributed by atoms with van der Waals surface area (Å²) >= 11 is 0. The van der Waals surface area contributed by atoms with Crippen molar-refractivity contribution in [2.45, 2.75) is 24.9 Å². The molecule has 1 aliphatic carbocycles. The molecule has 2 unspecified atom stereocenters. The summed E-state index contributed by atoms with van der Waals surface area (Å²) in [5, 5.41) is 2.84. The lowest BCUT2D eigenvalue weighted by atomic mass is 10.1. The second kappa shape index (κ2) is 6.84. The molecule has 3 N–H and O–H groups in total. The second-order valence-corrected chi connectivity index (χ2v) is 4.47. The molecule has 6 heteroatoms. The van der Waals surface area contributed by atoms with Gasteiger partial charge in [-0.05, 0) is 30.0 Å². The number of methoxy groups -OCH3 is 1. The van der Waals surface area contributed by atoms with Crippen molar-refractivity contribution in [1.29, 1.82) is 0 Å². The van der Waals surface area contributed by atoms with Gasteiger partial charge in [0.1, 0.15) is 11.9 Å². The molecule has 4 nitrogen and oxygen atoms in total. The van der Waals surface area contributed by atoms with Crippen LogP contribution in [0.2, 0.25) is 0 Å². The van der Waals surface area contributed by atoms with E-state index in [1.54, 1.807) is 6.07 Å². The van der Waals surface area contributed by atoms with Gasteiger partial charge in [-0.25, -0.2) is 4.39 Å². The molecule has 106 valence electrons. The van der Waals surface area contributed by atoms with Gasteiger partial charge in [0, 0.05) is 7.11 Å². The highest BCUT2D eigenvalue weighted by atomic mass is 35.5. The molecular weight excluding hydrogens is 271 g/mol. The summed E-state index contributed by atoms with van der Waals surface area (Å²) in [4.78, 5) is 11.8. The number of carbonyl (C=O) groups excluding carboxylic acids is 1. The van der Waals surface area contributed by atoms with E-state index in [0.29, 0.717) is 18.4 Å². The van der Waals surface area contributed by atoms with Crippen LogP contribution in [0.4, 0.5) is 4.39 Å². The monoisotopic (exact) mass is 288 g/mol. The van der Waals surface area contributed by atoms with Crippen molar-refractivity contribution in [1.82, 2.24) is 5.32 Å². The van der Waals surface area contributed by atoms with Crippen LogP contribution >= 0.6 is 12.4 Å². The van der Waals surface area contributed by atoms with Crippen molar-refractivity contribution in [3.8, 4) is 0 Å². The second-order valence-electron chi connectivity index (χ2n) is 4.47. The quantitative estimate of drug-likeness (QED) is 0.878. The molecule has 0 fully saturated rings. The van der Waals surface area contributed by atoms with E-state index in [1.807, 2.05) is 6.07 Å². The highest BCUT2D eigenvalue weighted by Crippen LogP contribution is 2.32. The Balaban J connectivity index is 0.00000180. The van der Waals surface area contributed by atoms with Crippen LogP contribution in [0, 0.1) is 5.82 Å². The van der Waals surface area contributed by atoms with E-state index in [1.165, 1.54) is 13.2 Å². The Hall–Kier alpha value is -1.17. The maximum atomic E-state index is 13.5. The van der Waals surface area contributed by atoms with E-state index in [2.05, 4.69) is 5.32 Å². The number of ether oxygens (including phenoxy) is 1. The van der Waals surface area contributed by atoms with E-state index >= 15 is 0 Å². The van der Waals surface area contributed by atoms with Crippen molar-refractivity contribution in [3.05, 3.63) is 35.1 Å². The number of hydrogen-bond acceptors (Lipinski definition) is 3. The molecule has 0 radical (unpaired) electrons. The van der Waals surface area contributed by atoms with Crippen molar-refractivity contribution in [2.75, 3.05) is 13.7 Å². The van der Waals surface area contributed by atoms with Crippen LogP contribution in [-0.2, 0) is 16.0 Å². The number of rotatable bonds is 4. The van der Waals surface area contributed by atoms with Gasteiger partial charge in [-0.15, -0.1) is 12.4 Å². The fourth-order valence-corrected chi connectivity index (χ4v) is 2.29. The normalized spacial score (nSPS) is 18.4. The van der Waals surface area contributed by atoms with Crippen LogP contribution in [0.25, 0.3) is 0 Å². The van der Waals surface area contributed by atoms with Gasteiger partial charge in [0.2, 0.25) is 5.91 Å². The number of benzene rings is 1. The molecule has 1 amide bonds. The van der Waals surface area contributed by atoms with Crippen LogP contribution in [0.15, 0.2) is 18.2 Å². The number of fused-ring (bicyclic) bond motifs is 1. The molecule has 0 bridgehead atoms. The lowest BCUT2D eigenvalue weighted by molar-refractivity contribution is -0.124. The van der Waals surface area contributed by atoms with E-state index in [9.17, 15) is 9.18 Å². The molecule has 1 aromatic carbocycles. The van der Waals surface area contributed by atoms with E-state index < -0.39 is 6.04 Å². The highest BCUT2D eigenvalue weighted by Gasteiger charge is 2.27. The Morgan fingerprint density at radius 2 is 2.37 bits per heavy atom. The lowest BCUT2D eigenvalue weighted by Crippen LogP contribution is -2.44. The summed E-state index contributed by atoms with van der Waals surface area (Å²) in [6, 6.07) is 4.12. The molecule has 0 aromatic heterocycles. The largest absolute Gasteiger partial charge is 0.383 e. The molecular formula is C13H18ClFN2O2. The molecule has 2 atom stereocenters. The Bertz CT molecular complexity index is 456. The summed E-state index contributed by atoms with van der Waals surface area (Å²) in [5.74, 6) is -0.468. The fourth-order valence-electron chi connectivity index (χ4n) is 2.29. The van der Waals surface area contributed by atoms with Gasteiger partial charge in [-0.3, -0.25) is 4.79 Å². The third-order valence-corrected chi connectivity index (χ3v) is 3.21. The van der Waals surface area contributed by atoms with Crippen LogP contribution in [-0.4, -0.2) is 25.7 Å². The zero-order valence-electron chi connectivity index (χ0n) is 10.7. The smallest absolute Gasteiger partial charge is 0.239 e. The maximum absolute atomic E-state index is 13.5. The van der Waals surface area contributed by atoms with E-state index in [4.69, 9.17) is 10.5 Å². The first-order chi connectivity index (χ1) is 8.63. The number of halogens is 2. The minimum atomic E-state index is -0.687. The molecule has 0 saturated carbocycles. The third kappa shape index (κ3) is 3.43. The van der Waals surface area contributed by atoms with Gasteiger partial charge in [-0.2, -0.15) is 0 Å². The standard InChI is InChI=1S/C13H17FN2O2.ClH/c1-18-7-11(15)13(17)16-12-6-5-8-9(12)3-2-4-10(8)14;/h2-4,11-12H,5-7,15H2,1H3,(H,16,17);1H. The zero-order valence-corrected chi connectivity index (χ0v) is 11.5. The molecule has 1 aliphatic rings. The van der Waals surface area contributed by atoms with Gasteiger partial charge in [0.15, 0.2) is 0 Å². The summed E-state index contributed by atoms with van der Waals surface area (Å²) < 4.78 is 18.4. The first-order valence-electron chi connectivity index (χ1n) is 5.95.